The van der Waals surface area contributed by atoms with Crippen LogP contribution >= 0.6 is 0 Å². The lowest BCUT2D eigenvalue weighted by atomic mass is 10.1. The number of hydrogen-bond donors (Lipinski definition) is 1. The Morgan fingerprint density at radius 1 is 1.10 bits per heavy atom. The first-order valence-electron chi connectivity index (χ1n) is 7.41. The topological polar surface area (TPSA) is 41.7 Å². The van der Waals surface area contributed by atoms with Crippen molar-refractivity contribution in [2.45, 2.75) is 26.3 Å². The van der Waals surface area contributed by atoms with Gasteiger partial charge in [-0.2, -0.15) is 0 Å². The maximum atomic E-state index is 5.86. The molecule has 112 valence electrons. The Morgan fingerprint density at radius 2 is 1.75 bits per heavy atom. The van der Waals surface area contributed by atoms with Gasteiger partial charge in [0, 0.05) is 38.3 Å². The van der Waals surface area contributed by atoms with Gasteiger partial charge in [0.15, 0.2) is 0 Å². The average Bonchev–Trinajstić information content (AvgIpc) is 2.40. The van der Waals surface area contributed by atoms with Crippen LogP contribution in [0.15, 0.2) is 24.3 Å². The van der Waals surface area contributed by atoms with Gasteiger partial charge in [-0.05, 0) is 32.9 Å². The first-order chi connectivity index (χ1) is 9.47. The quantitative estimate of drug-likeness (QED) is 0.856. The molecule has 2 rings (SSSR count). The third-order valence-electron chi connectivity index (χ3n) is 3.91. The van der Waals surface area contributed by atoms with E-state index < -0.39 is 0 Å². The molecule has 1 aliphatic heterocycles. The van der Waals surface area contributed by atoms with E-state index in [9.17, 15) is 0 Å². The molecule has 4 heteroatoms. The summed E-state index contributed by atoms with van der Waals surface area (Å²) >= 11 is 0. The van der Waals surface area contributed by atoms with Gasteiger partial charge in [0.2, 0.25) is 0 Å². The summed E-state index contributed by atoms with van der Waals surface area (Å²) in [5.41, 5.74) is 6.85. The lowest BCUT2D eigenvalue weighted by Crippen LogP contribution is -2.53. The molecular formula is C16H27N3O. The van der Waals surface area contributed by atoms with E-state index in [-0.39, 0.29) is 5.54 Å². The van der Waals surface area contributed by atoms with Crippen LogP contribution in [0.2, 0.25) is 0 Å². The zero-order valence-electron chi connectivity index (χ0n) is 12.9. The minimum atomic E-state index is 0.279. The van der Waals surface area contributed by atoms with Crippen LogP contribution in [-0.2, 0) is 0 Å². The normalized spacial score (nSPS) is 18.1. The third kappa shape index (κ3) is 4.12. The summed E-state index contributed by atoms with van der Waals surface area (Å²) in [4.78, 5) is 5.00. The van der Waals surface area contributed by atoms with E-state index in [4.69, 9.17) is 10.5 Å². The van der Waals surface area contributed by atoms with E-state index in [0.717, 1.165) is 38.5 Å². The average molecular weight is 277 g/mol. The number of rotatable bonds is 4. The van der Waals surface area contributed by atoms with E-state index in [1.54, 1.807) is 0 Å². The van der Waals surface area contributed by atoms with Gasteiger partial charge >= 0.3 is 0 Å². The van der Waals surface area contributed by atoms with Crippen molar-refractivity contribution in [1.82, 2.24) is 9.80 Å². The number of anilines is 1. The number of nitrogen functional groups attached to an aromatic ring is 1. The van der Waals surface area contributed by atoms with E-state index in [1.165, 1.54) is 0 Å². The van der Waals surface area contributed by atoms with Crippen molar-refractivity contribution >= 4 is 5.69 Å². The molecule has 2 N–H and O–H groups in total. The maximum Gasteiger partial charge on any atom is 0.142 e. The minimum absolute atomic E-state index is 0.279. The third-order valence-corrected chi connectivity index (χ3v) is 3.91. The summed E-state index contributed by atoms with van der Waals surface area (Å²) in [5, 5.41) is 0. The molecule has 0 unspecified atom stereocenters. The van der Waals surface area contributed by atoms with Gasteiger partial charge in [-0.25, -0.2) is 0 Å². The fourth-order valence-electron chi connectivity index (χ4n) is 2.54. The molecule has 4 nitrogen and oxygen atoms in total. The van der Waals surface area contributed by atoms with Crippen LogP contribution < -0.4 is 10.5 Å². The number of nitrogens with zero attached hydrogens (tertiary/aromatic N) is 2. The molecule has 0 saturated carbocycles. The number of nitrogens with two attached hydrogens (primary N) is 1. The second kappa shape index (κ2) is 6.46. The van der Waals surface area contributed by atoms with E-state index >= 15 is 0 Å². The highest BCUT2D eigenvalue weighted by Gasteiger charge is 2.25. The number of para-hydroxylation sites is 2. The highest BCUT2D eigenvalue weighted by atomic mass is 16.5. The molecule has 0 aromatic heterocycles. The molecule has 0 amide bonds. The Balaban J connectivity index is 1.71. The number of benzene rings is 1. The van der Waals surface area contributed by atoms with Crippen LogP contribution in [0.25, 0.3) is 0 Å². The predicted molar refractivity (Wildman–Crippen MR) is 84.1 cm³/mol. The molecular weight excluding hydrogens is 250 g/mol. The van der Waals surface area contributed by atoms with Gasteiger partial charge in [-0.15, -0.1) is 0 Å². The molecule has 0 atom stereocenters. The summed E-state index contributed by atoms with van der Waals surface area (Å²) < 4.78 is 5.75. The van der Waals surface area contributed by atoms with Gasteiger partial charge in [0.1, 0.15) is 12.4 Å². The van der Waals surface area contributed by atoms with Crippen molar-refractivity contribution in [3.05, 3.63) is 24.3 Å². The van der Waals surface area contributed by atoms with Crippen LogP contribution in [0.5, 0.6) is 5.75 Å². The fraction of sp³-hybridized carbons (Fsp3) is 0.625. The first kappa shape index (κ1) is 15.1. The largest absolute Gasteiger partial charge is 0.490 e. The summed E-state index contributed by atoms with van der Waals surface area (Å²) in [7, 11) is 0. The first-order valence-corrected chi connectivity index (χ1v) is 7.41. The molecule has 1 aliphatic rings. The van der Waals surface area contributed by atoms with Gasteiger partial charge in [0.05, 0.1) is 5.69 Å². The fourth-order valence-corrected chi connectivity index (χ4v) is 2.54. The van der Waals surface area contributed by atoms with Gasteiger partial charge in [-0.1, -0.05) is 12.1 Å². The highest BCUT2D eigenvalue weighted by Crippen LogP contribution is 2.20. The summed E-state index contributed by atoms with van der Waals surface area (Å²) in [6, 6.07) is 7.67. The van der Waals surface area contributed by atoms with E-state index in [0.29, 0.717) is 12.3 Å². The van der Waals surface area contributed by atoms with Crippen LogP contribution in [0.3, 0.4) is 0 Å². The molecule has 1 fully saturated rings. The Kier molecular flexibility index (Phi) is 4.89. The Bertz CT molecular complexity index is 420. The van der Waals surface area contributed by atoms with Crippen LogP contribution in [0.4, 0.5) is 5.69 Å². The summed E-state index contributed by atoms with van der Waals surface area (Å²) in [6.07, 6.45) is 0. The molecule has 1 aromatic rings. The lowest BCUT2D eigenvalue weighted by molar-refractivity contribution is 0.0565. The van der Waals surface area contributed by atoms with Crippen molar-refractivity contribution < 1.29 is 4.74 Å². The van der Waals surface area contributed by atoms with Crippen molar-refractivity contribution in [3.63, 3.8) is 0 Å². The van der Waals surface area contributed by atoms with Crippen molar-refractivity contribution in [2.24, 2.45) is 0 Å². The monoisotopic (exact) mass is 277 g/mol. The Labute approximate surface area is 122 Å². The van der Waals surface area contributed by atoms with Crippen LogP contribution in [0.1, 0.15) is 20.8 Å². The lowest BCUT2D eigenvalue weighted by Gasteiger charge is -2.42. The summed E-state index contributed by atoms with van der Waals surface area (Å²) in [5.74, 6) is 0.792. The van der Waals surface area contributed by atoms with Crippen LogP contribution in [0, 0.1) is 0 Å². The molecule has 1 aromatic carbocycles. The second-order valence-corrected chi connectivity index (χ2v) is 6.39. The SMILES string of the molecule is CC(C)(C)N1CCN(CCOc2ccccc2N)CC1. The van der Waals surface area contributed by atoms with Gasteiger partial charge < -0.3 is 10.5 Å². The maximum absolute atomic E-state index is 5.86. The molecule has 0 aliphatic carbocycles. The number of piperazine rings is 1. The Hall–Kier alpha value is -1.26. The number of hydrogen-bond acceptors (Lipinski definition) is 4. The molecule has 20 heavy (non-hydrogen) atoms. The zero-order valence-corrected chi connectivity index (χ0v) is 12.9. The molecule has 1 heterocycles. The smallest absolute Gasteiger partial charge is 0.142 e. The highest BCUT2D eigenvalue weighted by molar-refractivity contribution is 5.51. The van der Waals surface area contributed by atoms with Crippen molar-refractivity contribution in [2.75, 3.05) is 45.1 Å². The van der Waals surface area contributed by atoms with Crippen LogP contribution in [-0.4, -0.2) is 54.7 Å². The second-order valence-electron chi connectivity index (χ2n) is 6.39. The molecule has 0 spiro atoms. The van der Waals surface area contributed by atoms with E-state index in [2.05, 4.69) is 30.6 Å². The van der Waals surface area contributed by atoms with Gasteiger partial charge in [-0.3, -0.25) is 9.80 Å². The minimum Gasteiger partial charge on any atom is -0.490 e. The molecule has 0 radical (unpaired) electrons. The predicted octanol–water partition coefficient (Wildman–Crippen LogP) is 2.06. The van der Waals surface area contributed by atoms with E-state index in [1.807, 2.05) is 24.3 Å². The Morgan fingerprint density at radius 3 is 2.35 bits per heavy atom. The number of ether oxygens (including phenoxy) is 1. The summed E-state index contributed by atoms with van der Waals surface area (Å²) in [6.45, 7) is 13.0. The van der Waals surface area contributed by atoms with Crippen molar-refractivity contribution in [3.8, 4) is 5.75 Å². The van der Waals surface area contributed by atoms with Gasteiger partial charge in [0.25, 0.3) is 0 Å². The molecule has 0 bridgehead atoms. The zero-order chi connectivity index (χ0) is 14.6. The standard InChI is InChI=1S/C16H27N3O/c1-16(2,3)19-10-8-18(9-11-19)12-13-20-15-7-5-4-6-14(15)17/h4-7H,8-13,17H2,1-3H3. The molecule has 1 saturated heterocycles. The van der Waals surface area contributed by atoms with Crippen molar-refractivity contribution in [1.29, 1.82) is 0 Å².